The molecule has 1 aromatic rings. The number of likely N-dealkylation sites (N-methyl/N-ethyl adjacent to an activating group) is 1. The summed E-state index contributed by atoms with van der Waals surface area (Å²) in [6, 6.07) is 5.69. The van der Waals surface area contributed by atoms with Gasteiger partial charge in [0.05, 0.1) is 26.3 Å². The third kappa shape index (κ3) is 8.70. The Bertz CT molecular complexity index is 443. The van der Waals surface area contributed by atoms with Crippen LogP contribution < -0.4 is 0 Å². The highest BCUT2D eigenvalue weighted by Gasteiger charge is 2.20. The van der Waals surface area contributed by atoms with Gasteiger partial charge in [0, 0.05) is 6.20 Å². The van der Waals surface area contributed by atoms with Gasteiger partial charge in [-0.05, 0) is 25.0 Å². The first-order valence-electron chi connectivity index (χ1n) is 9.03. The van der Waals surface area contributed by atoms with E-state index in [0.29, 0.717) is 12.3 Å². The number of hydrogen-bond acceptors (Lipinski definition) is 3. The van der Waals surface area contributed by atoms with Crippen LogP contribution in [0.15, 0.2) is 29.6 Å². The van der Waals surface area contributed by atoms with Gasteiger partial charge in [0.25, 0.3) is 0 Å². The van der Waals surface area contributed by atoms with Crippen LogP contribution in [-0.2, 0) is 0 Å². The van der Waals surface area contributed by atoms with Gasteiger partial charge in [0.15, 0.2) is 5.71 Å². The SMILES string of the molecule is CCCCCCCCCC[N+](C)(C)C/C(=N\O)c1ccccn1. The lowest BCUT2D eigenvalue weighted by atomic mass is 10.1. The average molecular weight is 321 g/mol. The van der Waals surface area contributed by atoms with Crippen LogP contribution in [0.4, 0.5) is 0 Å². The number of oxime groups is 1. The number of nitrogens with zero attached hydrogens (tertiary/aromatic N) is 3. The largest absolute Gasteiger partial charge is 0.410 e. The molecule has 0 spiro atoms. The molecule has 0 amide bonds. The van der Waals surface area contributed by atoms with Crippen LogP contribution in [0.2, 0.25) is 0 Å². The zero-order valence-corrected chi connectivity index (χ0v) is 15.2. The maximum Gasteiger partial charge on any atom is 0.159 e. The molecule has 130 valence electrons. The smallest absolute Gasteiger partial charge is 0.159 e. The standard InChI is InChI=1S/C19H33N3O/c1-4-5-6-7-8-9-10-13-16-22(2,3)17-19(21-23)18-14-11-12-15-20-18/h11-12,14-15H,4-10,13,16-17H2,1-3H3/p+1/b21-19+. The minimum Gasteiger partial charge on any atom is -0.410 e. The number of quaternary nitrogens is 1. The molecule has 0 radical (unpaired) electrons. The lowest BCUT2D eigenvalue weighted by Crippen LogP contribution is -2.45. The molecule has 0 aromatic carbocycles. The fraction of sp³-hybridized carbons (Fsp3) is 0.684. The van der Waals surface area contributed by atoms with Gasteiger partial charge >= 0.3 is 0 Å². The van der Waals surface area contributed by atoms with Crippen molar-refractivity contribution in [3.63, 3.8) is 0 Å². The van der Waals surface area contributed by atoms with E-state index in [-0.39, 0.29) is 0 Å². The Hall–Kier alpha value is -1.42. The molecule has 0 bridgehead atoms. The van der Waals surface area contributed by atoms with Gasteiger partial charge in [-0.15, -0.1) is 0 Å². The van der Waals surface area contributed by atoms with E-state index in [1.807, 2.05) is 18.2 Å². The van der Waals surface area contributed by atoms with Crippen molar-refractivity contribution in [1.29, 1.82) is 0 Å². The summed E-state index contributed by atoms with van der Waals surface area (Å²) in [7, 11) is 4.38. The Morgan fingerprint density at radius 3 is 2.26 bits per heavy atom. The van der Waals surface area contributed by atoms with Crippen molar-refractivity contribution in [3.05, 3.63) is 30.1 Å². The topological polar surface area (TPSA) is 45.5 Å². The molecule has 0 unspecified atom stereocenters. The van der Waals surface area contributed by atoms with Gasteiger partial charge < -0.3 is 9.69 Å². The van der Waals surface area contributed by atoms with Crippen LogP contribution in [-0.4, -0.2) is 47.6 Å². The van der Waals surface area contributed by atoms with E-state index in [1.165, 1.54) is 51.4 Å². The summed E-state index contributed by atoms with van der Waals surface area (Å²) in [6.07, 6.45) is 12.4. The van der Waals surface area contributed by atoms with Gasteiger partial charge in [-0.1, -0.05) is 56.7 Å². The normalized spacial score (nSPS) is 12.6. The van der Waals surface area contributed by atoms with Gasteiger partial charge in [0.2, 0.25) is 0 Å². The predicted molar refractivity (Wildman–Crippen MR) is 97.0 cm³/mol. The van der Waals surface area contributed by atoms with Crippen molar-refractivity contribution in [2.45, 2.75) is 58.3 Å². The van der Waals surface area contributed by atoms with E-state index >= 15 is 0 Å². The highest BCUT2D eigenvalue weighted by Crippen LogP contribution is 2.11. The van der Waals surface area contributed by atoms with Crippen molar-refractivity contribution in [2.24, 2.45) is 5.16 Å². The molecule has 1 rings (SSSR count). The molecule has 0 fully saturated rings. The quantitative estimate of drug-likeness (QED) is 0.203. The molecule has 0 aliphatic heterocycles. The molecule has 1 N–H and O–H groups in total. The van der Waals surface area contributed by atoms with Crippen molar-refractivity contribution in [2.75, 3.05) is 27.2 Å². The summed E-state index contributed by atoms with van der Waals surface area (Å²) in [5, 5.41) is 12.8. The summed E-state index contributed by atoms with van der Waals surface area (Å²) >= 11 is 0. The van der Waals surface area contributed by atoms with Crippen molar-refractivity contribution < 1.29 is 9.69 Å². The molecule has 4 nitrogen and oxygen atoms in total. The van der Waals surface area contributed by atoms with Crippen molar-refractivity contribution in [3.8, 4) is 0 Å². The summed E-state index contributed by atoms with van der Waals surface area (Å²) in [5.74, 6) is 0. The Morgan fingerprint density at radius 1 is 1.04 bits per heavy atom. The van der Waals surface area contributed by atoms with E-state index in [9.17, 15) is 5.21 Å². The zero-order chi connectivity index (χ0) is 17.0. The van der Waals surface area contributed by atoms with E-state index in [1.54, 1.807) is 6.20 Å². The highest BCUT2D eigenvalue weighted by atomic mass is 16.4. The fourth-order valence-corrected chi connectivity index (χ4v) is 2.86. The van der Waals surface area contributed by atoms with Gasteiger partial charge in [-0.3, -0.25) is 4.98 Å². The zero-order valence-electron chi connectivity index (χ0n) is 15.2. The minimum absolute atomic E-state index is 0.662. The maximum absolute atomic E-state index is 9.29. The minimum atomic E-state index is 0.662. The Labute approximate surface area is 141 Å². The summed E-state index contributed by atoms with van der Waals surface area (Å²) < 4.78 is 0.825. The lowest BCUT2D eigenvalue weighted by molar-refractivity contribution is -0.881. The number of pyridine rings is 1. The number of aromatic nitrogens is 1. The third-order valence-electron chi connectivity index (χ3n) is 4.28. The second-order valence-corrected chi connectivity index (χ2v) is 7.05. The molecule has 4 heteroatoms. The van der Waals surface area contributed by atoms with Crippen LogP contribution >= 0.6 is 0 Å². The predicted octanol–water partition coefficient (Wildman–Crippen LogP) is 4.48. The van der Waals surface area contributed by atoms with E-state index in [0.717, 1.165) is 16.7 Å². The number of rotatable bonds is 12. The molecule has 0 atom stereocenters. The highest BCUT2D eigenvalue weighted by molar-refractivity contribution is 5.99. The lowest BCUT2D eigenvalue weighted by Gasteiger charge is -2.29. The molecule has 23 heavy (non-hydrogen) atoms. The average Bonchev–Trinajstić information content (AvgIpc) is 2.56. The third-order valence-corrected chi connectivity index (χ3v) is 4.28. The molecule has 0 saturated carbocycles. The van der Waals surface area contributed by atoms with Gasteiger partial charge in [-0.25, -0.2) is 0 Å². The molecule has 0 saturated heterocycles. The van der Waals surface area contributed by atoms with E-state index < -0.39 is 0 Å². The molecule has 1 aromatic heterocycles. The first kappa shape index (κ1) is 19.6. The maximum atomic E-state index is 9.29. The molecular formula is C19H34N3O+. The van der Waals surface area contributed by atoms with Crippen molar-refractivity contribution >= 4 is 5.71 Å². The fourth-order valence-electron chi connectivity index (χ4n) is 2.86. The Kier molecular flexibility index (Phi) is 9.53. The van der Waals surface area contributed by atoms with E-state index in [2.05, 4.69) is 31.2 Å². The second-order valence-electron chi connectivity index (χ2n) is 7.05. The Morgan fingerprint density at radius 2 is 1.70 bits per heavy atom. The second kappa shape index (κ2) is 11.2. The molecular weight excluding hydrogens is 286 g/mol. The van der Waals surface area contributed by atoms with Crippen LogP contribution in [0.3, 0.4) is 0 Å². The monoisotopic (exact) mass is 320 g/mol. The summed E-state index contributed by atoms with van der Waals surface area (Å²) in [4.78, 5) is 4.28. The summed E-state index contributed by atoms with van der Waals surface area (Å²) in [6.45, 7) is 4.06. The van der Waals surface area contributed by atoms with Crippen LogP contribution in [0, 0.1) is 0 Å². The Balaban J connectivity index is 2.27. The number of hydrogen-bond donors (Lipinski definition) is 1. The van der Waals surface area contributed by atoms with Crippen LogP contribution in [0.5, 0.6) is 0 Å². The van der Waals surface area contributed by atoms with Gasteiger partial charge in [0.1, 0.15) is 6.54 Å². The van der Waals surface area contributed by atoms with Gasteiger partial charge in [-0.2, -0.15) is 0 Å². The van der Waals surface area contributed by atoms with Crippen LogP contribution in [0.25, 0.3) is 0 Å². The van der Waals surface area contributed by atoms with Crippen molar-refractivity contribution in [1.82, 2.24) is 4.98 Å². The molecule has 0 aliphatic carbocycles. The molecule has 1 heterocycles. The van der Waals surface area contributed by atoms with Crippen LogP contribution in [0.1, 0.15) is 64.0 Å². The molecule has 0 aliphatic rings. The summed E-state index contributed by atoms with van der Waals surface area (Å²) in [5.41, 5.74) is 1.42. The first-order valence-corrected chi connectivity index (χ1v) is 9.03. The number of unbranched alkanes of at least 4 members (excludes halogenated alkanes) is 7. The first-order chi connectivity index (χ1) is 11.1. The van der Waals surface area contributed by atoms with E-state index in [4.69, 9.17) is 0 Å².